The summed E-state index contributed by atoms with van der Waals surface area (Å²) in [5, 5.41) is 39.0. The summed E-state index contributed by atoms with van der Waals surface area (Å²) in [4.78, 5) is 27.0. The van der Waals surface area contributed by atoms with Crippen LogP contribution in [0.3, 0.4) is 0 Å². The van der Waals surface area contributed by atoms with Gasteiger partial charge in [-0.25, -0.2) is 0 Å². The zero-order valence-electron chi connectivity index (χ0n) is 25.8. The van der Waals surface area contributed by atoms with Crippen LogP contribution >= 0.6 is 0 Å². The van der Waals surface area contributed by atoms with E-state index in [-0.39, 0.29) is 16.8 Å². The Morgan fingerprint density at radius 2 is 1.05 bits per heavy atom. The van der Waals surface area contributed by atoms with Crippen molar-refractivity contribution < 1.29 is 46.8 Å². The summed E-state index contributed by atoms with van der Waals surface area (Å²) in [7, 11) is 0. The average Bonchev–Trinajstić information content (AvgIpc) is 2.93. The van der Waals surface area contributed by atoms with Crippen molar-refractivity contribution in [3.63, 3.8) is 0 Å². The zero-order chi connectivity index (χ0) is 31.7. The molecule has 0 aliphatic heterocycles. The van der Waals surface area contributed by atoms with Crippen LogP contribution in [-0.2, 0) is 52.1 Å². The predicted octanol–water partition coefficient (Wildman–Crippen LogP) is 5.14. The van der Waals surface area contributed by atoms with Crippen LogP contribution in [0.5, 0.6) is 11.5 Å². The molecule has 0 aliphatic carbocycles. The minimum atomic E-state index is -1.08. The van der Waals surface area contributed by atoms with Gasteiger partial charge in [-0.05, 0) is 92.1 Å². The SMILES string of the molecule is CC(=O)[O-].CC(=O)[O-].CCCc1cc(C=Nc2cccc(N=Cc3cc(CCC)cc(CC)c3O)c2)c(O)c(CC)c1.[Co+2]. The molecule has 8 nitrogen and oxygen atoms in total. The first-order valence-electron chi connectivity index (χ1n) is 14.2. The van der Waals surface area contributed by atoms with Gasteiger partial charge in [0.2, 0.25) is 0 Å². The van der Waals surface area contributed by atoms with Crippen LogP contribution in [-0.4, -0.2) is 34.6 Å². The zero-order valence-corrected chi connectivity index (χ0v) is 26.8. The van der Waals surface area contributed by atoms with Gasteiger partial charge >= 0.3 is 16.8 Å². The summed E-state index contributed by atoms with van der Waals surface area (Å²) < 4.78 is 0. The number of aliphatic carboxylic acids is 2. The van der Waals surface area contributed by atoms with Gasteiger partial charge in [0.15, 0.2) is 0 Å². The van der Waals surface area contributed by atoms with Gasteiger partial charge < -0.3 is 30.0 Å². The molecule has 0 unspecified atom stereocenters. The number of carbonyl (C=O) groups is 2. The molecule has 3 aromatic carbocycles. The minimum Gasteiger partial charge on any atom is -0.550 e. The number of aryl methyl sites for hydroxylation is 4. The molecule has 0 saturated carbocycles. The first-order chi connectivity index (χ1) is 19.9. The summed E-state index contributed by atoms with van der Waals surface area (Å²) in [5.74, 6) is -1.57. The quantitative estimate of drug-likeness (QED) is 0.296. The van der Waals surface area contributed by atoms with Gasteiger partial charge in [0.1, 0.15) is 11.5 Å². The molecule has 0 amide bonds. The molecule has 3 aromatic rings. The molecule has 2 N–H and O–H groups in total. The Bertz CT molecular complexity index is 1280. The van der Waals surface area contributed by atoms with Gasteiger partial charge in [-0.3, -0.25) is 9.98 Å². The molecule has 0 aromatic heterocycles. The van der Waals surface area contributed by atoms with E-state index in [2.05, 4.69) is 36.0 Å². The van der Waals surface area contributed by atoms with Crippen molar-refractivity contribution in [1.82, 2.24) is 0 Å². The largest absolute Gasteiger partial charge is 2.00 e. The Hall–Kier alpha value is -3.95. The molecule has 43 heavy (non-hydrogen) atoms. The van der Waals surface area contributed by atoms with E-state index in [0.717, 1.165) is 86.0 Å². The summed E-state index contributed by atoms with van der Waals surface area (Å²) in [6.45, 7) is 10.3. The molecule has 0 spiro atoms. The Morgan fingerprint density at radius 3 is 1.35 bits per heavy atom. The molecular formula is C34H42CoN2O6. The van der Waals surface area contributed by atoms with Crippen molar-refractivity contribution in [2.24, 2.45) is 9.98 Å². The van der Waals surface area contributed by atoms with E-state index in [1.807, 2.05) is 50.2 Å². The normalized spacial score (nSPS) is 10.4. The fourth-order valence-corrected chi connectivity index (χ4v) is 4.12. The molecular weight excluding hydrogens is 591 g/mol. The van der Waals surface area contributed by atoms with E-state index in [1.165, 1.54) is 11.1 Å². The molecule has 1 radical (unpaired) electrons. The third-order valence-corrected chi connectivity index (χ3v) is 5.93. The van der Waals surface area contributed by atoms with Crippen molar-refractivity contribution in [3.05, 3.63) is 81.9 Å². The summed E-state index contributed by atoms with van der Waals surface area (Å²) in [5.41, 5.74) is 7.31. The van der Waals surface area contributed by atoms with E-state index >= 15 is 0 Å². The van der Waals surface area contributed by atoms with Gasteiger partial charge in [0, 0.05) is 35.5 Å². The molecule has 3 rings (SSSR count). The Morgan fingerprint density at radius 1 is 0.698 bits per heavy atom. The number of carboxylic acid groups (broad SMARTS) is 2. The minimum absolute atomic E-state index is 0. The topological polar surface area (TPSA) is 145 Å². The van der Waals surface area contributed by atoms with Crippen LogP contribution in [0.25, 0.3) is 0 Å². The number of carbonyl (C=O) groups excluding carboxylic acids is 2. The number of benzene rings is 3. The first-order valence-corrected chi connectivity index (χ1v) is 14.2. The van der Waals surface area contributed by atoms with Gasteiger partial charge in [0.25, 0.3) is 0 Å². The molecule has 0 bridgehead atoms. The maximum atomic E-state index is 10.6. The number of carboxylic acids is 2. The molecule has 0 atom stereocenters. The standard InChI is InChI=1S/C30H36N2O2.2C2H4O2.Co/c1-5-10-21-14-23(7-3)29(33)25(16-21)19-31-27-12-9-13-28(18-27)32-20-26-17-22(11-6-2)15-24(8-4)30(26)34;2*1-2(3)4;/h9,12-20,33-34H,5-8,10-11H2,1-4H3;2*1H3,(H,3,4);/q;;;+2/p-2. The maximum absolute atomic E-state index is 10.6. The van der Waals surface area contributed by atoms with Crippen molar-refractivity contribution in [2.45, 2.75) is 80.1 Å². The van der Waals surface area contributed by atoms with E-state index < -0.39 is 11.9 Å². The summed E-state index contributed by atoms with van der Waals surface area (Å²) in [6.07, 6.45) is 9.08. The van der Waals surface area contributed by atoms with Crippen molar-refractivity contribution in [3.8, 4) is 11.5 Å². The number of aromatic hydroxyl groups is 2. The van der Waals surface area contributed by atoms with Gasteiger partial charge in [-0.2, -0.15) is 0 Å². The first kappa shape index (κ1) is 39.0. The Balaban J connectivity index is 0.00000174. The van der Waals surface area contributed by atoms with Crippen molar-refractivity contribution in [2.75, 3.05) is 0 Å². The summed E-state index contributed by atoms with van der Waals surface area (Å²) >= 11 is 0. The van der Waals surface area contributed by atoms with E-state index in [1.54, 1.807) is 12.4 Å². The van der Waals surface area contributed by atoms with Crippen LogP contribution in [0.2, 0.25) is 0 Å². The fraction of sp³-hybridized carbons (Fsp3) is 0.353. The second-order valence-electron chi connectivity index (χ2n) is 9.61. The number of phenols is 2. The van der Waals surface area contributed by atoms with Crippen LogP contribution in [0, 0.1) is 0 Å². The second-order valence-corrected chi connectivity index (χ2v) is 9.61. The number of hydrogen-bond acceptors (Lipinski definition) is 8. The van der Waals surface area contributed by atoms with E-state index in [0.29, 0.717) is 11.5 Å². The third-order valence-electron chi connectivity index (χ3n) is 5.93. The number of nitrogens with zero attached hydrogens (tertiary/aromatic N) is 2. The van der Waals surface area contributed by atoms with Crippen molar-refractivity contribution in [1.29, 1.82) is 0 Å². The molecule has 0 heterocycles. The number of aliphatic imine (C=N–C) groups is 2. The molecule has 0 saturated heterocycles. The molecule has 0 fully saturated rings. The molecule has 0 aliphatic rings. The van der Waals surface area contributed by atoms with E-state index in [9.17, 15) is 10.2 Å². The Kier molecular flexibility index (Phi) is 18.9. The predicted molar refractivity (Wildman–Crippen MR) is 165 cm³/mol. The van der Waals surface area contributed by atoms with Crippen molar-refractivity contribution >= 4 is 35.7 Å². The fourth-order valence-electron chi connectivity index (χ4n) is 4.12. The van der Waals surface area contributed by atoms with Gasteiger partial charge in [-0.15, -0.1) is 0 Å². The van der Waals surface area contributed by atoms with Crippen LogP contribution in [0.15, 0.2) is 58.5 Å². The second kappa shape index (κ2) is 20.8. The van der Waals surface area contributed by atoms with Crippen LogP contribution in [0.1, 0.15) is 87.8 Å². The summed E-state index contributed by atoms with van der Waals surface area (Å²) in [6, 6.07) is 15.8. The molecule has 9 heteroatoms. The van der Waals surface area contributed by atoms with Gasteiger partial charge in [-0.1, -0.05) is 58.7 Å². The number of phenolic OH excluding ortho intramolecular Hbond substituents is 2. The number of hydrogen-bond donors (Lipinski definition) is 2. The third kappa shape index (κ3) is 14.7. The maximum Gasteiger partial charge on any atom is 2.00 e. The number of rotatable bonds is 10. The monoisotopic (exact) mass is 633 g/mol. The average molecular weight is 634 g/mol. The van der Waals surface area contributed by atoms with Crippen LogP contribution < -0.4 is 10.2 Å². The van der Waals surface area contributed by atoms with Gasteiger partial charge in [0.05, 0.1) is 11.4 Å². The molecule has 233 valence electrons. The Labute approximate surface area is 265 Å². The smallest absolute Gasteiger partial charge is 0.550 e. The van der Waals surface area contributed by atoms with Crippen LogP contribution in [0.4, 0.5) is 11.4 Å². The van der Waals surface area contributed by atoms with E-state index in [4.69, 9.17) is 19.8 Å².